The van der Waals surface area contributed by atoms with Crippen LogP contribution in [-0.4, -0.2) is 39.9 Å². The molecule has 0 spiro atoms. The van der Waals surface area contributed by atoms with E-state index in [1.54, 1.807) is 6.92 Å². The summed E-state index contributed by atoms with van der Waals surface area (Å²) in [7, 11) is 0. The summed E-state index contributed by atoms with van der Waals surface area (Å²) in [5, 5.41) is 6.12. The van der Waals surface area contributed by atoms with Gasteiger partial charge in [0.05, 0.1) is 17.8 Å². The van der Waals surface area contributed by atoms with Gasteiger partial charge < -0.3 is 14.7 Å². The number of aromatic nitrogens is 2. The van der Waals surface area contributed by atoms with Gasteiger partial charge in [-0.3, -0.25) is 9.59 Å². The number of nitrogens with zero attached hydrogens (tertiary/aromatic N) is 3. The first-order chi connectivity index (χ1) is 15.3. The first-order valence-corrected chi connectivity index (χ1v) is 9.89. The van der Waals surface area contributed by atoms with Gasteiger partial charge in [0, 0.05) is 24.9 Å². The maximum atomic E-state index is 13.1. The predicted molar refractivity (Wildman–Crippen MR) is 110 cm³/mol. The molecule has 0 aliphatic carbocycles. The molecule has 3 aromatic rings. The Labute approximate surface area is 182 Å². The Morgan fingerprint density at radius 2 is 1.75 bits per heavy atom. The van der Waals surface area contributed by atoms with Gasteiger partial charge in [0.25, 0.3) is 0 Å². The lowest BCUT2D eigenvalue weighted by molar-refractivity contribution is -0.137. The summed E-state index contributed by atoms with van der Waals surface area (Å²) < 4.78 is 44.4. The van der Waals surface area contributed by atoms with Crippen molar-refractivity contribution in [2.24, 2.45) is 0 Å². The van der Waals surface area contributed by atoms with Crippen LogP contribution in [0.25, 0.3) is 11.4 Å². The van der Waals surface area contributed by atoms with Gasteiger partial charge in [-0.15, -0.1) is 0 Å². The average molecular weight is 446 g/mol. The van der Waals surface area contributed by atoms with Gasteiger partial charge in [-0.2, -0.15) is 18.2 Å². The van der Waals surface area contributed by atoms with E-state index in [2.05, 4.69) is 15.5 Å². The molecule has 0 unspecified atom stereocenters. The number of benzene rings is 2. The third-order valence-corrected chi connectivity index (χ3v) is 4.63. The number of aryl methyl sites for hydroxylation is 1. The summed E-state index contributed by atoms with van der Waals surface area (Å²) in [4.78, 5) is 30.3. The molecule has 0 radical (unpaired) electrons. The van der Waals surface area contributed by atoms with Gasteiger partial charge in [-0.1, -0.05) is 47.6 Å². The van der Waals surface area contributed by atoms with E-state index in [-0.39, 0.29) is 43.4 Å². The second-order valence-corrected chi connectivity index (χ2v) is 6.88. The van der Waals surface area contributed by atoms with Crippen LogP contribution >= 0.6 is 0 Å². The van der Waals surface area contributed by atoms with Crippen LogP contribution in [0.4, 0.5) is 18.9 Å². The molecule has 7 nitrogen and oxygen atoms in total. The molecule has 3 rings (SSSR count). The SMILES string of the molecule is CCN(CC(=O)Nc1ccccc1C(F)(F)F)C(=O)CCc1nc(-c2ccccc2)no1. The highest BCUT2D eigenvalue weighted by Crippen LogP contribution is 2.34. The summed E-state index contributed by atoms with van der Waals surface area (Å²) in [5.74, 6) is -0.396. The molecule has 0 bridgehead atoms. The van der Waals surface area contributed by atoms with Crippen LogP contribution in [-0.2, 0) is 22.2 Å². The normalized spacial score (nSPS) is 11.2. The molecule has 0 atom stereocenters. The highest BCUT2D eigenvalue weighted by molar-refractivity contribution is 5.95. The number of hydrogen-bond donors (Lipinski definition) is 1. The molecule has 2 amide bonds. The van der Waals surface area contributed by atoms with Crippen LogP contribution in [0.15, 0.2) is 59.1 Å². The minimum atomic E-state index is -4.60. The zero-order valence-corrected chi connectivity index (χ0v) is 17.2. The molecule has 0 aliphatic rings. The molecule has 168 valence electrons. The minimum Gasteiger partial charge on any atom is -0.339 e. The fourth-order valence-electron chi connectivity index (χ4n) is 3.01. The second kappa shape index (κ2) is 10.1. The quantitative estimate of drug-likeness (QED) is 0.561. The molecular weight excluding hydrogens is 425 g/mol. The number of nitrogens with one attached hydrogen (secondary N) is 1. The first kappa shape index (κ1) is 23.0. The first-order valence-electron chi connectivity index (χ1n) is 9.89. The third-order valence-electron chi connectivity index (χ3n) is 4.63. The fourth-order valence-corrected chi connectivity index (χ4v) is 3.01. The molecule has 0 saturated carbocycles. The van der Waals surface area contributed by atoms with Gasteiger partial charge in [0.1, 0.15) is 0 Å². The van der Waals surface area contributed by atoms with Crippen molar-refractivity contribution < 1.29 is 27.3 Å². The minimum absolute atomic E-state index is 0.0106. The van der Waals surface area contributed by atoms with E-state index in [0.717, 1.165) is 11.6 Å². The van der Waals surface area contributed by atoms with Gasteiger partial charge in [0.2, 0.25) is 23.5 Å². The highest BCUT2D eigenvalue weighted by Gasteiger charge is 2.33. The summed E-state index contributed by atoms with van der Waals surface area (Å²) in [6, 6.07) is 13.9. The predicted octanol–water partition coefficient (Wildman–Crippen LogP) is 4.18. The molecule has 1 heterocycles. The van der Waals surface area contributed by atoms with Crippen molar-refractivity contribution >= 4 is 17.5 Å². The molecule has 1 aromatic heterocycles. The zero-order valence-electron chi connectivity index (χ0n) is 17.2. The van der Waals surface area contributed by atoms with E-state index in [4.69, 9.17) is 4.52 Å². The molecule has 32 heavy (non-hydrogen) atoms. The van der Waals surface area contributed by atoms with E-state index in [1.165, 1.54) is 23.1 Å². The number of alkyl halides is 3. The van der Waals surface area contributed by atoms with Gasteiger partial charge >= 0.3 is 6.18 Å². The van der Waals surface area contributed by atoms with Crippen LogP contribution < -0.4 is 5.32 Å². The number of carbonyl (C=O) groups is 2. The van der Waals surface area contributed by atoms with Crippen molar-refractivity contribution in [1.29, 1.82) is 0 Å². The fraction of sp³-hybridized carbons (Fsp3) is 0.273. The molecule has 10 heteroatoms. The molecule has 0 saturated heterocycles. The zero-order chi connectivity index (χ0) is 23.1. The van der Waals surface area contributed by atoms with Crippen molar-refractivity contribution in [3.63, 3.8) is 0 Å². The van der Waals surface area contributed by atoms with Crippen LogP contribution in [0.5, 0.6) is 0 Å². The standard InChI is InChI=1S/C22H21F3N4O3/c1-2-29(14-18(30)26-17-11-7-6-10-16(17)22(23,24)25)20(31)13-12-19-27-21(28-32-19)15-8-4-3-5-9-15/h3-11H,2,12-14H2,1H3,(H,26,30). The summed E-state index contributed by atoms with van der Waals surface area (Å²) >= 11 is 0. The summed E-state index contributed by atoms with van der Waals surface area (Å²) in [6.45, 7) is 1.52. The molecular formula is C22H21F3N4O3. The number of para-hydroxylation sites is 1. The Balaban J connectivity index is 1.56. The molecule has 0 aliphatic heterocycles. The van der Waals surface area contributed by atoms with Crippen LogP contribution in [0.1, 0.15) is 24.8 Å². The van der Waals surface area contributed by atoms with E-state index < -0.39 is 17.6 Å². The number of carbonyl (C=O) groups excluding carboxylic acids is 2. The number of hydrogen-bond acceptors (Lipinski definition) is 5. The van der Waals surface area contributed by atoms with Crippen molar-refractivity contribution in [3.8, 4) is 11.4 Å². The van der Waals surface area contributed by atoms with Gasteiger partial charge in [0.15, 0.2) is 0 Å². The summed E-state index contributed by atoms with van der Waals surface area (Å²) in [5.41, 5.74) is -0.527. The molecule has 1 N–H and O–H groups in total. The Bertz CT molecular complexity index is 1070. The second-order valence-electron chi connectivity index (χ2n) is 6.88. The van der Waals surface area contributed by atoms with Crippen LogP contribution in [0.3, 0.4) is 0 Å². The lowest BCUT2D eigenvalue weighted by Gasteiger charge is -2.21. The van der Waals surface area contributed by atoms with Crippen molar-refractivity contribution in [1.82, 2.24) is 15.0 Å². The topological polar surface area (TPSA) is 88.3 Å². The maximum Gasteiger partial charge on any atom is 0.418 e. The highest BCUT2D eigenvalue weighted by atomic mass is 19.4. The number of likely N-dealkylation sites (N-methyl/N-ethyl adjacent to an activating group) is 1. The van der Waals surface area contributed by atoms with E-state index in [9.17, 15) is 22.8 Å². The number of halogens is 3. The Morgan fingerprint density at radius 3 is 2.44 bits per heavy atom. The molecule has 0 fully saturated rings. The van der Waals surface area contributed by atoms with Gasteiger partial charge in [-0.25, -0.2) is 0 Å². The van der Waals surface area contributed by atoms with E-state index >= 15 is 0 Å². The Hall–Kier alpha value is -3.69. The molecule has 2 aromatic carbocycles. The Kier molecular flexibility index (Phi) is 7.24. The Morgan fingerprint density at radius 1 is 1.06 bits per heavy atom. The van der Waals surface area contributed by atoms with E-state index in [1.807, 2.05) is 30.3 Å². The van der Waals surface area contributed by atoms with E-state index in [0.29, 0.717) is 5.82 Å². The van der Waals surface area contributed by atoms with Crippen LogP contribution in [0, 0.1) is 0 Å². The third kappa shape index (κ3) is 5.93. The lowest BCUT2D eigenvalue weighted by atomic mass is 10.1. The number of anilines is 1. The van der Waals surface area contributed by atoms with Crippen molar-refractivity contribution in [3.05, 3.63) is 66.1 Å². The smallest absolute Gasteiger partial charge is 0.339 e. The summed E-state index contributed by atoms with van der Waals surface area (Å²) in [6.07, 6.45) is -4.42. The number of rotatable bonds is 8. The van der Waals surface area contributed by atoms with Gasteiger partial charge in [-0.05, 0) is 19.1 Å². The van der Waals surface area contributed by atoms with Crippen LogP contribution in [0.2, 0.25) is 0 Å². The maximum absolute atomic E-state index is 13.1. The lowest BCUT2D eigenvalue weighted by Crippen LogP contribution is -2.38. The monoisotopic (exact) mass is 446 g/mol. The van der Waals surface area contributed by atoms with Crippen molar-refractivity contribution in [2.75, 3.05) is 18.4 Å². The largest absolute Gasteiger partial charge is 0.418 e. The average Bonchev–Trinajstić information content (AvgIpc) is 3.25. The number of amides is 2. The van der Waals surface area contributed by atoms with Crippen molar-refractivity contribution in [2.45, 2.75) is 25.9 Å².